The third-order valence-corrected chi connectivity index (χ3v) is 4.50. The molecule has 0 N–H and O–H groups in total. The van der Waals surface area contributed by atoms with E-state index in [-0.39, 0.29) is 35.8 Å². The lowest BCUT2D eigenvalue weighted by Crippen LogP contribution is -2.18. The number of carbonyl (C=O) groups is 2. The van der Waals surface area contributed by atoms with E-state index in [4.69, 9.17) is 9.47 Å². The number of benzene rings is 2. The van der Waals surface area contributed by atoms with E-state index in [9.17, 15) is 19.7 Å². The van der Waals surface area contributed by atoms with Gasteiger partial charge < -0.3 is 9.47 Å². The number of esters is 1. The van der Waals surface area contributed by atoms with Crippen molar-refractivity contribution >= 4 is 17.4 Å². The van der Waals surface area contributed by atoms with Gasteiger partial charge in [-0.2, -0.15) is 0 Å². The monoisotopic (exact) mass is 424 g/mol. The number of rotatable bonds is 8. The van der Waals surface area contributed by atoms with Crippen LogP contribution in [0.5, 0.6) is 5.75 Å². The van der Waals surface area contributed by atoms with Gasteiger partial charge in [-0.1, -0.05) is 23.4 Å². The van der Waals surface area contributed by atoms with Gasteiger partial charge in [0.25, 0.3) is 5.69 Å². The van der Waals surface area contributed by atoms with Crippen LogP contribution in [0.25, 0.3) is 0 Å². The molecule has 0 bridgehead atoms. The molecular formula is C21H20N4O6. The van der Waals surface area contributed by atoms with Gasteiger partial charge in [-0.15, -0.1) is 5.10 Å². The lowest BCUT2D eigenvalue weighted by Gasteiger charge is -2.08. The molecule has 2 aromatic carbocycles. The van der Waals surface area contributed by atoms with E-state index in [1.165, 1.54) is 16.8 Å². The highest BCUT2D eigenvalue weighted by Gasteiger charge is 2.31. The Labute approximate surface area is 177 Å². The molecule has 0 saturated carbocycles. The minimum Gasteiger partial charge on any atom is -0.497 e. The molecule has 0 fully saturated rings. The Balaban J connectivity index is 2.05. The molecule has 160 valence electrons. The quantitative estimate of drug-likeness (QED) is 0.234. The third-order valence-electron chi connectivity index (χ3n) is 4.50. The average molecular weight is 424 g/mol. The van der Waals surface area contributed by atoms with E-state index in [2.05, 4.69) is 10.3 Å². The van der Waals surface area contributed by atoms with E-state index in [1.54, 1.807) is 51.3 Å². The zero-order chi connectivity index (χ0) is 22.5. The molecule has 0 radical (unpaired) electrons. The van der Waals surface area contributed by atoms with Gasteiger partial charge >= 0.3 is 5.97 Å². The first-order valence-electron chi connectivity index (χ1n) is 9.39. The molecule has 1 heterocycles. The summed E-state index contributed by atoms with van der Waals surface area (Å²) in [5, 5.41) is 19.2. The first-order valence-corrected chi connectivity index (χ1v) is 9.39. The molecule has 0 amide bonds. The number of nitro groups is 1. The summed E-state index contributed by atoms with van der Waals surface area (Å²) >= 11 is 0. The Bertz CT molecular complexity index is 1140. The second-order valence-electron chi connectivity index (χ2n) is 6.62. The minimum absolute atomic E-state index is 0.0743. The Kier molecular flexibility index (Phi) is 6.39. The molecule has 0 aliphatic carbocycles. The van der Waals surface area contributed by atoms with Gasteiger partial charge in [0.2, 0.25) is 5.78 Å². The lowest BCUT2D eigenvalue weighted by atomic mass is 10.0. The zero-order valence-corrected chi connectivity index (χ0v) is 17.2. The first kappa shape index (κ1) is 21.6. The molecule has 31 heavy (non-hydrogen) atoms. The van der Waals surface area contributed by atoms with E-state index in [0.29, 0.717) is 11.3 Å². The van der Waals surface area contributed by atoms with Crippen molar-refractivity contribution in [3.8, 4) is 5.75 Å². The van der Waals surface area contributed by atoms with Crippen LogP contribution in [0.1, 0.15) is 44.6 Å². The van der Waals surface area contributed by atoms with Gasteiger partial charge in [-0.3, -0.25) is 14.9 Å². The number of carbonyl (C=O) groups excluding carboxylic acids is 2. The molecule has 10 nitrogen and oxygen atoms in total. The number of ether oxygens (including phenoxy) is 2. The van der Waals surface area contributed by atoms with Crippen molar-refractivity contribution in [2.75, 3.05) is 13.7 Å². The summed E-state index contributed by atoms with van der Waals surface area (Å²) in [7, 11) is 1.55. The van der Waals surface area contributed by atoms with Gasteiger partial charge in [0.05, 0.1) is 25.2 Å². The van der Waals surface area contributed by atoms with Crippen LogP contribution >= 0.6 is 0 Å². The van der Waals surface area contributed by atoms with Crippen LogP contribution in [0.15, 0.2) is 42.5 Å². The Hall–Kier alpha value is -4.08. The van der Waals surface area contributed by atoms with E-state index in [0.717, 1.165) is 5.56 Å². The predicted molar refractivity (Wildman–Crippen MR) is 109 cm³/mol. The van der Waals surface area contributed by atoms with E-state index < -0.39 is 16.7 Å². The summed E-state index contributed by atoms with van der Waals surface area (Å²) in [5.41, 5.74) is 0.368. The normalized spacial score (nSPS) is 10.5. The molecule has 0 atom stereocenters. The fourth-order valence-corrected chi connectivity index (χ4v) is 2.99. The van der Waals surface area contributed by atoms with E-state index >= 15 is 0 Å². The van der Waals surface area contributed by atoms with Crippen molar-refractivity contribution in [2.45, 2.75) is 20.4 Å². The molecule has 0 saturated heterocycles. The van der Waals surface area contributed by atoms with Gasteiger partial charge in [-0.05, 0) is 43.2 Å². The molecule has 0 aliphatic heterocycles. The summed E-state index contributed by atoms with van der Waals surface area (Å²) in [5.74, 6) is -0.912. The molecule has 3 aromatic rings. The van der Waals surface area contributed by atoms with E-state index in [1.807, 2.05) is 0 Å². The van der Waals surface area contributed by atoms with Crippen LogP contribution in [-0.4, -0.2) is 45.4 Å². The number of nitro benzene ring substituents is 1. The highest BCUT2D eigenvalue weighted by Crippen LogP contribution is 2.24. The number of aromatic nitrogens is 3. The van der Waals surface area contributed by atoms with Crippen LogP contribution < -0.4 is 4.74 Å². The lowest BCUT2D eigenvalue weighted by molar-refractivity contribution is -0.385. The molecule has 0 spiro atoms. The number of hydrogen-bond donors (Lipinski definition) is 0. The van der Waals surface area contributed by atoms with Crippen molar-refractivity contribution in [3.05, 3.63) is 80.7 Å². The summed E-state index contributed by atoms with van der Waals surface area (Å²) in [4.78, 5) is 36.5. The highest BCUT2D eigenvalue weighted by molar-refractivity contribution is 6.14. The highest BCUT2D eigenvalue weighted by atomic mass is 16.6. The maximum atomic E-state index is 13.1. The summed E-state index contributed by atoms with van der Waals surface area (Å²) in [6.45, 7) is 3.51. The maximum Gasteiger partial charge on any atom is 0.359 e. The molecular weight excluding hydrogens is 404 g/mol. The number of hydrogen-bond acceptors (Lipinski definition) is 8. The third kappa shape index (κ3) is 4.58. The average Bonchev–Trinajstić information content (AvgIpc) is 3.17. The maximum absolute atomic E-state index is 13.1. The largest absolute Gasteiger partial charge is 0.497 e. The summed E-state index contributed by atoms with van der Waals surface area (Å²) < 4.78 is 11.5. The first-order chi connectivity index (χ1) is 14.8. The van der Waals surface area contributed by atoms with Crippen LogP contribution in [0.2, 0.25) is 0 Å². The Morgan fingerprint density at radius 1 is 1.16 bits per heavy atom. The second-order valence-corrected chi connectivity index (χ2v) is 6.62. The van der Waals surface area contributed by atoms with Crippen LogP contribution in [-0.2, 0) is 11.3 Å². The van der Waals surface area contributed by atoms with Gasteiger partial charge in [0, 0.05) is 6.07 Å². The topological polar surface area (TPSA) is 126 Å². The van der Waals surface area contributed by atoms with Gasteiger partial charge in [-0.25, -0.2) is 9.48 Å². The van der Waals surface area contributed by atoms with Crippen molar-refractivity contribution in [1.29, 1.82) is 0 Å². The van der Waals surface area contributed by atoms with Crippen molar-refractivity contribution < 1.29 is 24.0 Å². The fraction of sp³-hybridized carbons (Fsp3) is 0.238. The number of ketones is 1. The van der Waals surface area contributed by atoms with Crippen molar-refractivity contribution in [2.24, 2.45) is 0 Å². The number of methoxy groups -OCH3 is 1. The summed E-state index contributed by atoms with van der Waals surface area (Å²) in [6.07, 6.45) is 0. The molecule has 0 unspecified atom stereocenters. The molecule has 10 heteroatoms. The molecule has 3 rings (SSSR count). The molecule has 1 aromatic heterocycles. The summed E-state index contributed by atoms with van der Waals surface area (Å²) in [6, 6.07) is 11.3. The van der Waals surface area contributed by atoms with Crippen LogP contribution in [0, 0.1) is 17.0 Å². The van der Waals surface area contributed by atoms with Crippen molar-refractivity contribution in [3.63, 3.8) is 0 Å². The van der Waals surface area contributed by atoms with Crippen molar-refractivity contribution in [1.82, 2.24) is 15.0 Å². The predicted octanol–water partition coefficient (Wildman–Crippen LogP) is 2.96. The number of nitrogens with zero attached hydrogens (tertiary/aromatic N) is 4. The van der Waals surface area contributed by atoms with Crippen LogP contribution in [0.4, 0.5) is 5.69 Å². The minimum atomic E-state index is -0.792. The standard InChI is InChI=1S/C21H20N4O6/c1-4-31-21(27)19-18(20(26)16-10-5-13(2)11-17(16)25(28)29)22-23-24(19)12-14-6-8-15(30-3)9-7-14/h5-11H,4,12H2,1-3H3. The SMILES string of the molecule is CCOC(=O)c1c(C(=O)c2ccc(C)cc2[N+](=O)[O-])nnn1Cc1ccc(OC)cc1. The van der Waals surface area contributed by atoms with Gasteiger partial charge in [0.15, 0.2) is 11.4 Å². The second kappa shape index (κ2) is 9.16. The fourth-order valence-electron chi connectivity index (χ4n) is 2.99. The molecule has 0 aliphatic rings. The smallest absolute Gasteiger partial charge is 0.359 e. The number of aryl methyl sites for hydroxylation is 1. The Morgan fingerprint density at radius 3 is 2.48 bits per heavy atom. The Morgan fingerprint density at radius 2 is 1.87 bits per heavy atom. The van der Waals surface area contributed by atoms with Crippen LogP contribution in [0.3, 0.4) is 0 Å². The zero-order valence-electron chi connectivity index (χ0n) is 17.2. The van der Waals surface area contributed by atoms with Gasteiger partial charge in [0.1, 0.15) is 11.3 Å².